The van der Waals surface area contributed by atoms with Crippen LogP contribution < -0.4 is 0 Å². The number of hydrogen-bond donors (Lipinski definition) is 1. The lowest BCUT2D eigenvalue weighted by atomic mass is 10.2. The average molecular weight is 320 g/mol. The van der Waals surface area contributed by atoms with Crippen LogP contribution in [-0.4, -0.2) is 28.9 Å². The van der Waals surface area contributed by atoms with Crippen molar-refractivity contribution in [1.82, 2.24) is 28.9 Å². The third kappa shape index (κ3) is 2.82. The molecular weight excluding hydrogens is 300 g/mol. The molecule has 24 heavy (non-hydrogen) atoms. The highest BCUT2D eigenvalue weighted by Gasteiger charge is 2.11. The Kier molecular flexibility index (Phi) is 3.86. The van der Waals surface area contributed by atoms with E-state index in [1.165, 1.54) is 6.42 Å². The molecule has 0 aliphatic heterocycles. The number of unbranched alkanes of at least 4 members (excludes halogenated alkanes) is 1. The maximum Gasteiger partial charge on any atom is 0.158 e. The Balaban J connectivity index is 1.59. The number of pyridine rings is 1. The zero-order valence-electron chi connectivity index (χ0n) is 13.7. The quantitative estimate of drug-likeness (QED) is 0.593. The molecule has 0 aromatic carbocycles. The molecular formula is C18H20N6. The van der Waals surface area contributed by atoms with E-state index in [1.807, 2.05) is 47.4 Å². The molecule has 4 heterocycles. The molecule has 0 spiro atoms. The van der Waals surface area contributed by atoms with Gasteiger partial charge in [-0.3, -0.25) is 0 Å². The van der Waals surface area contributed by atoms with Crippen LogP contribution in [0.5, 0.6) is 0 Å². The van der Waals surface area contributed by atoms with E-state index >= 15 is 0 Å². The van der Waals surface area contributed by atoms with E-state index in [9.17, 15) is 0 Å². The Bertz CT molecular complexity index is 912. The first-order valence-corrected chi connectivity index (χ1v) is 8.31. The fraction of sp³-hybridized carbons (Fsp3) is 0.278. The number of fused-ring (bicyclic) bond motifs is 1. The molecule has 0 saturated heterocycles. The predicted octanol–water partition coefficient (Wildman–Crippen LogP) is 3.31. The number of imidazole rings is 3. The summed E-state index contributed by atoms with van der Waals surface area (Å²) < 4.78 is 4.13. The highest BCUT2D eigenvalue weighted by atomic mass is 15.1. The van der Waals surface area contributed by atoms with Crippen molar-refractivity contribution in [2.75, 3.05) is 0 Å². The van der Waals surface area contributed by atoms with Crippen LogP contribution >= 0.6 is 0 Å². The Morgan fingerprint density at radius 3 is 3.00 bits per heavy atom. The number of rotatable bonds is 6. The monoisotopic (exact) mass is 320 g/mol. The highest BCUT2D eigenvalue weighted by Crippen LogP contribution is 2.17. The van der Waals surface area contributed by atoms with Crippen LogP contribution in [0.1, 0.15) is 31.3 Å². The van der Waals surface area contributed by atoms with Gasteiger partial charge in [0.15, 0.2) is 5.82 Å². The minimum atomic E-state index is 0.681. The SMILES string of the molecule is CCCCc1ncc(-c2nccn2Cc2cn3ccccc3n2)[nH]1. The fourth-order valence-corrected chi connectivity index (χ4v) is 2.87. The van der Waals surface area contributed by atoms with Crippen molar-refractivity contribution in [2.45, 2.75) is 32.7 Å². The van der Waals surface area contributed by atoms with Crippen molar-refractivity contribution in [3.05, 3.63) is 60.7 Å². The van der Waals surface area contributed by atoms with Crippen molar-refractivity contribution >= 4 is 5.65 Å². The minimum Gasteiger partial charge on any atom is -0.339 e. The Hall–Kier alpha value is -2.89. The van der Waals surface area contributed by atoms with Gasteiger partial charge in [-0.05, 0) is 18.6 Å². The summed E-state index contributed by atoms with van der Waals surface area (Å²) in [5, 5.41) is 0. The number of aryl methyl sites for hydroxylation is 1. The van der Waals surface area contributed by atoms with Crippen LogP contribution in [0.25, 0.3) is 17.2 Å². The standard InChI is InChI=1S/C18H20N6/c1-2-3-6-16-20-11-15(22-16)18-19-8-10-24(18)13-14-12-23-9-5-4-7-17(23)21-14/h4-5,7-12H,2-3,6,13H2,1H3,(H,20,22). The molecule has 0 bridgehead atoms. The third-order valence-electron chi connectivity index (χ3n) is 4.10. The van der Waals surface area contributed by atoms with Gasteiger partial charge in [0.2, 0.25) is 0 Å². The summed E-state index contributed by atoms with van der Waals surface area (Å²) in [5.41, 5.74) is 2.92. The van der Waals surface area contributed by atoms with Crippen LogP contribution in [0.2, 0.25) is 0 Å². The van der Waals surface area contributed by atoms with Gasteiger partial charge in [0, 0.05) is 31.2 Å². The molecule has 0 fully saturated rings. The lowest BCUT2D eigenvalue weighted by Crippen LogP contribution is -2.01. The van der Waals surface area contributed by atoms with Crippen molar-refractivity contribution in [3.8, 4) is 11.5 Å². The van der Waals surface area contributed by atoms with Gasteiger partial charge < -0.3 is 14.0 Å². The van der Waals surface area contributed by atoms with Crippen molar-refractivity contribution in [3.63, 3.8) is 0 Å². The number of aromatic amines is 1. The van der Waals surface area contributed by atoms with Crippen LogP contribution in [0.15, 0.2) is 49.2 Å². The predicted molar refractivity (Wildman–Crippen MR) is 92.7 cm³/mol. The Morgan fingerprint density at radius 1 is 1.17 bits per heavy atom. The third-order valence-corrected chi connectivity index (χ3v) is 4.10. The highest BCUT2D eigenvalue weighted by molar-refractivity contribution is 5.49. The summed E-state index contributed by atoms with van der Waals surface area (Å²) >= 11 is 0. The Labute approximate surface area is 140 Å². The average Bonchev–Trinajstić information content (AvgIpc) is 3.31. The number of H-pyrrole nitrogens is 1. The number of aromatic nitrogens is 6. The molecule has 1 N–H and O–H groups in total. The van der Waals surface area contributed by atoms with Crippen LogP contribution in [0.3, 0.4) is 0 Å². The summed E-state index contributed by atoms with van der Waals surface area (Å²) in [4.78, 5) is 17.0. The maximum atomic E-state index is 4.66. The second-order valence-electron chi connectivity index (χ2n) is 5.92. The summed E-state index contributed by atoms with van der Waals surface area (Å²) in [7, 11) is 0. The second kappa shape index (κ2) is 6.31. The van der Waals surface area contributed by atoms with E-state index < -0.39 is 0 Å². The fourth-order valence-electron chi connectivity index (χ4n) is 2.87. The molecule has 0 aliphatic rings. The molecule has 0 saturated carbocycles. The van der Waals surface area contributed by atoms with Crippen molar-refractivity contribution in [1.29, 1.82) is 0 Å². The largest absolute Gasteiger partial charge is 0.339 e. The van der Waals surface area contributed by atoms with E-state index in [4.69, 9.17) is 0 Å². The molecule has 4 aromatic heterocycles. The van der Waals surface area contributed by atoms with Gasteiger partial charge in [-0.25, -0.2) is 15.0 Å². The number of nitrogens with one attached hydrogen (secondary N) is 1. The molecule has 122 valence electrons. The molecule has 6 heteroatoms. The van der Waals surface area contributed by atoms with E-state index in [0.29, 0.717) is 6.54 Å². The number of hydrogen-bond acceptors (Lipinski definition) is 3. The van der Waals surface area contributed by atoms with E-state index in [0.717, 1.165) is 41.5 Å². The molecule has 0 atom stereocenters. The number of nitrogens with zero attached hydrogens (tertiary/aromatic N) is 5. The normalized spacial score (nSPS) is 11.4. The lowest BCUT2D eigenvalue weighted by Gasteiger charge is -2.04. The first-order chi connectivity index (χ1) is 11.8. The zero-order valence-corrected chi connectivity index (χ0v) is 13.7. The molecule has 0 amide bonds. The molecule has 6 nitrogen and oxygen atoms in total. The van der Waals surface area contributed by atoms with Crippen LogP contribution in [0.4, 0.5) is 0 Å². The second-order valence-corrected chi connectivity index (χ2v) is 5.92. The molecule has 0 radical (unpaired) electrons. The molecule has 0 aliphatic carbocycles. The minimum absolute atomic E-state index is 0.681. The summed E-state index contributed by atoms with van der Waals surface area (Å²) in [5.74, 6) is 1.91. The maximum absolute atomic E-state index is 4.66. The van der Waals surface area contributed by atoms with E-state index in [2.05, 4.69) is 37.6 Å². The van der Waals surface area contributed by atoms with E-state index in [1.54, 1.807) is 0 Å². The zero-order chi connectivity index (χ0) is 16.4. The van der Waals surface area contributed by atoms with Gasteiger partial charge in [-0.15, -0.1) is 0 Å². The van der Waals surface area contributed by atoms with Gasteiger partial charge >= 0.3 is 0 Å². The van der Waals surface area contributed by atoms with Crippen molar-refractivity contribution < 1.29 is 0 Å². The summed E-state index contributed by atoms with van der Waals surface area (Å²) in [6.07, 6.45) is 13.0. The molecule has 4 aromatic rings. The van der Waals surface area contributed by atoms with Gasteiger partial charge in [-0.1, -0.05) is 19.4 Å². The first-order valence-electron chi connectivity index (χ1n) is 8.31. The van der Waals surface area contributed by atoms with Crippen LogP contribution in [-0.2, 0) is 13.0 Å². The Morgan fingerprint density at radius 2 is 2.12 bits per heavy atom. The summed E-state index contributed by atoms with van der Waals surface area (Å²) in [6, 6.07) is 6.01. The van der Waals surface area contributed by atoms with Crippen molar-refractivity contribution in [2.24, 2.45) is 0 Å². The molecule has 4 rings (SSSR count). The molecule has 0 unspecified atom stereocenters. The topological polar surface area (TPSA) is 63.8 Å². The van der Waals surface area contributed by atoms with Gasteiger partial charge in [-0.2, -0.15) is 0 Å². The smallest absolute Gasteiger partial charge is 0.158 e. The van der Waals surface area contributed by atoms with Gasteiger partial charge in [0.1, 0.15) is 17.2 Å². The summed E-state index contributed by atoms with van der Waals surface area (Å²) in [6.45, 7) is 2.87. The van der Waals surface area contributed by atoms with Gasteiger partial charge in [0.05, 0.1) is 18.4 Å². The van der Waals surface area contributed by atoms with Gasteiger partial charge in [0.25, 0.3) is 0 Å². The first kappa shape index (κ1) is 14.7. The lowest BCUT2D eigenvalue weighted by molar-refractivity contribution is 0.760. The van der Waals surface area contributed by atoms with Crippen LogP contribution in [0, 0.1) is 0 Å². The van der Waals surface area contributed by atoms with E-state index in [-0.39, 0.29) is 0 Å².